The molecule has 0 radical (unpaired) electrons. The molecule has 3 atom stereocenters. The second-order valence-corrected chi connectivity index (χ2v) is 6.50. The molecule has 1 aromatic carbocycles. The molecule has 1 aromatic rings. The maximum absolute atomic E-state index is 12.5. The molecule has 0 spiro atoms. The Kier molecular flexibility index (Phi) is 5.61. The fraction of sp³-hybridized carbons (Fsp3) is 0.632. The largest absolute Gasteiger partial charge is 0.494 e. The van der Waals surface area contributed by atoms with Crippen molar-refractivity contribution in [2.45, 2.75) is 51.2 Å². The molecule has 132 valence electrons. The van der Waals surface area contributed by atoms with Gasteiger partial charge in [0, 0.05) is 13.5 Å². The summed E-state index contributed by atoms with van der Waals surface area (Å²) < 4.78 is 22.4. The molecule has 24 heavy (non-hydrogen) atoms. The summed E-state index contributed by atoms with van der Waals surface area (Å²) >= 11 is 0. The summed E-state index contributed by atoms with van der Waals surface area (Å²) in [5.41, 5.74) is 1.01. The van der Waals surface area contributed by atoms with Gasteiger partial charge in [-0.25, -0.2) is 0 Å². The Balaban J connectivity index is 1.59. The number of fused-ring (bicyclic) bond motifs is 1. The minimum Gasteiger partial charge on any atom is -0.494 e. The molecule has 3 rings (SSSR count). The maximum Gasteiger partial charge on any atom is 0.313 e. The average Bonchev–Trinajstić information content (AvgIpc) is 2.61. The van der Waals surface area contributed by atoms with E-state index in [4.69, 9.17) is 18.9 Å². The van der Waals surface area contributed by atoms with Gasteiger partial charge in [-0.05, 0) is 56.4 Å². The number of hydrogen-bond acceptors (Lipinski definition) is 5. The highest BCUT2D eigenvalue weighted by Crippen LogP contribution is 2.32. The van der Waals surface area contributed by atoms with Crippen LogP contribution in [-0.4, -0.2) is 38.5 Å². The van der Waals surface area contributed by atoms with E-state index in [0.717, 1.165) is 42.7 Å². The summed E-state index contributed by atoms with van der Waals surface area (Å²) in [4.78, 5) is 12.5. The highest BCUT2D eigenvalue weighted by atomic mass is 16.6. The van der Waals surface area contributed by atoms with Crippen molar-refractivity contribution in [3.63, 3.8) is 0 Å². The number of carbonyl (C=O) groups excluding carboxylic acids is 1. The van der Waals surface area contributed by atoms with Crippen LogP contribution in [0.15, 0.2) is 18.2 Å². The number of hydrogen-bond donors (Lipinski definition) is 0. The number of ether oxygens (including phenoxy) is 4. The molecule has 1 aliphatic heterocycles. The molecule has 1 aliphatic carbocycles. The van der Waals surface area contributed by atoms with Gasteiger partial charge in [-0.2, -0.15) is 0 Å². The summed E-state index contributed by atoms with van der Waals surface area (Å²) in [5, 5.41) is 0. The summed E-state index contributed by atoms with van der Waals surface area (Å²) in [6.07, 6.45) is 4.60. The Morgan fingerprint density at radius 2 is 2.12 bits per heavy atom. The lowest BCUT2D eigenvalue weighted by molar-refractivity contribution is -0.159. The molecule has 0 aromatic heterocycles. The zero-order chi connectivity index (χ0) is 16.9. The van der Waals surface area contributed by atoms with Gasteiger partial charge in [0.25, 0.3) is 0 Å². The zero-order valence-corrected chi connectivity index (χ0v) is 14.5. The molecular weight excluding hydrogens is 308 g/mol. The van der Waals surface area contributed by atoms with Gasteiger partial charge < -0.3 is 18.9 Å². The number of esters is 1. The quantitative estimate of drug-likeness (QED) is 0.774. The first-order chi connectivity index (χ1) is 11.7. The second kappa shape index (κ2) is 7.88. The van der Waals surface area contributed by atoms with Gasteiger partial charge in [-0.1, -0.05) is 0 Å². The van der Waals surface area contributed by atoms with Crippen molar-refractivity contribution in [2.75, 3.05) is 20.3 Å². The van der Waals surface area contributed by atoms with Crippen molar-refractivity contribution in [2.24, 2.45) is 5.92 Å². The summed E-state index contributed by atoms with van der Waals surface area (Å²) in [6, 6.07) is 5.76. The van der Waals surface area contributed by atoms with E-state index in [1.165, 1.54) is 0 Å². The van der Waals surface area contributed by atoms with Gasteiger partial charge >= 0.3 is 5.97 Å². The molecule has 1 saturated carbocycles. The Bertz CT molecular complexity index is 571. The van der Waals surface area contributed by atoms with E-state index < -0.39 is 0 Å². The van der Waals surface area contributed by atoms with Gasteiger partial charge in [0.05, 0.1) is 18.6 Å². The van der Waals surface area contributed by atoms with Crippen LogP contribution in [0, 0.1) is 5.92 Å². The van der Waals surface area contributed by atoms with Crippen molar-refractivity contribution >= 4 is 5.97 Å². The molecule has 0 bridgehead atoms. The molecule has 0 N–H and O–H groups in total. The van der Waals surface area contributed by atoms with E-state index in [1.54, 1.807) is 7.11 Å². The standard InChI is InChI=1S/C19H26O5/c1-3-22-16-7-8-18-13(10-16)9-14(12-23-18)19(20)24-17-6-4-5-15(11-17)21-2/h7-8,10,14-15,17H,3-6,9,11-12H2,1-2H3. The summed E-state index contributed by atoms with van der Waals surface area (Å²) in [5.74, 6) is 1.23. The molecular formula is C19H26O5. The van der Waals surface area contributed by atoms with Gasteiger partial charge in [-0.15, -0.1) is 0 Å². The zero-order valence-electron chi connectivity index (χ0n) is 14.5. The van der Waals surface area contributed by atoms with Crippen LogP contribution in [0.5, 0.6) is 11.5 Å². The summed E-state index contributed by atoms with van der Waals surface area (Å²) in [6.45, 7) is 2.95. The van der Waals surface area contributed by atoms with Crippen molar-refractivity contribution in [3.8, 4) is 11.5 Å². The van der Waals surface area contributed by atoms with Gasteiger partial charge in [0.1, 0.15) is 24.2 Å². The minimum atomic E-state index is -0.253. The maximum atomic E-state index is 12.5. The van der Waals surface area contributed by atoms with E-state index >= 15 is 0 Å². The molecule has 1 fully saturated rings. The fourth-order valence-electron chi connectivity index (χ4n) is 3.46. The third kappa shape index (κ3) is 4.01. The van der Waals surface area contributed by atoms with Crippen molar-refractivity contribution < 1.29 is 23.7 Å². The second-order valence-electron chi connectivity index (χ2n) is 6.50. The first-order valence-corrected chi connectivity index (χ1v) is 8.81. The topological polar surface area (TPSA) is 54.0 Å². The van der Waals surface area contributed by atoms with Crippen molar-refractivity contribution in [1.82, 2.24) is 0 Å². The molecule has 0 amide bonds. The SMILES string of the molecule is CCOc1ccc2c(c1)CC(C(=O)OC1CCCC(OC)C1)CO2. The van der Waals surface area contributed by atoms with E-state index in [0.29, 0.717) is 19.6 Å². The van der Waals surface area contributed by atoms with Gasteiger partial charge in [0.15, 0.2) is 0 Å². The van der Waals surface area contributed by atoms with E-state index in [2.05, 4.69) is 0 Å². The predicted octanol–water partition coefficient (Wildman–Crippen LogP) is 3.14. The average molecular weight is 334 g/mol. The van der Waals surface area contributed by atoms with Gasteiger partial charge in [0.2, 0.25) is 0 Å². The minimum absolute atomic E-state index is 0.0349. The fourth-order valence-corrected chi connectivity index (χ4v) is 3.46. The Morgan fingerprint density at radius 3 is 2.92 bits per heavy atom. The van der Waals surface area contributed by atoms with Crippen molar-refractivity contribution in [3.05, 3.63) is 23.8 Å². The normalized spacial score (nSPS) is 26.2. The molecule has 3 unspecified atom stereocenters. The van der Waals surface area contributed by atoms with Crippen LogP contribution < -0.4 is 9.47 Å². The van der Waals surface area contributed by atoms with Crippen LogP contribution in [0.1, 0.15) is 38.2 Å². The monoisotopic (exact) mass is 334 g/mol. The van der Waals surface area contributed by atoms with Crippen LogP contribution >= 0.6 is 0 Å². The number of carbonyl (C=O) groups is 1. The van der Waals surface area contributed by atoms with Crippen LogP contribution in [0.4, 0.5) is 0 Å². The molecule has 2 aliphatic rings. The number of benzene rings is 1. The highest BCUT2D eigenvalue weighted by molar-refractivity contribution is 5.74. The molecule has 1 heterocycles. The van der Waals surface area contributed by atoms with E-state index in [1.807, 2.05) is 25.1 Å². The van der Waals surface area contributed by atoms with Crippen molar-refractivity contribution in [1.29, 1.82) is 0 Å². The Labute approximate surface area is 143 Å². The third-order valence-corrected chi connectivity index (χ3v) is 4.78. The van der Waals surface area contributed by atoms with Crippen LogP contribution in [0.25, 0.3) is 0 Å². The Hall–Kier alpha value is -1.75. The molecule has 5 heteroatoms. The number of methoxy groups -OCH3 is 1. The van der Waals surface area contributed by atoms with Crippen LogP contribution in [0.3, 0.4) is 0 Å². The molecule has 5 nitrogen and oxygen atoms in total. The highest BCUT2D eigenvalue weighted by Gasteiger charge is 2.31. The molecule has 0 saturated heterocycles. The lowest BCUT2D eigenvalue weighted by Gasteiger charge is -2.30. The van der Waals surface area contributed by atoms with Gasteiger partial charge in [-0.3, -0.25) is 4.79 Å². The lowest BCUT2D eigenvalue weighted by atomic mass is 9.94. The van der Waals surface area contributed by atoms with E-state index in [9.17, 15) is 4.79 Å². The Morgan fingerprint density at radius 1 is 1.29 bits per heavy atom. The number of rotatable bonds is 5. The van der Waals surface area contributed by atoms with Crippen LogP contribution in [-0.2, 0) is 20.7 Å². The lowest BCUT2D eigenvalue weighted by Crippen LogP contribution is -2.35. The first kappa shape index (κ1) is 17.1. The predicted molar refractivity (Wildman–Crippen MR) is 89.4 cm³/mol. The first-order valence-electron chi connectivity index (χ1n) is 8.81. The smallest absolute Gasteiger partial charge is 0.313 e. The van der Waals surface area contributed by atoms with E-state index in [-0.39, 0.29) is 24.1 Å². The van der Waals surface area contributed by atoms with Crippen LogP contribution in [0.2, 0.25) is 0 Å². The third-order valence-electron chi connectivity index (χ3n) is 4.78. The summed E-state index contributed by atoms with van der Waals surface area (Å²) in [7, 11) is 1.72.